The number of fused-ring (bicyclic) bond motifs is 2. The van der Waals surface area contributed by atoms with Gasteiger partial charge in [0.15, 0.2) is 0 Å². The Bertz CT molecular complexity index is 1040. The van der Waals surface area contributed by atoms with Crippen LogP contribution >= 0.6 is 11.3 Å². The van der Waals surface area contributed by atoms with E-state index in [-0.39, 0.29) is 12.4 Å². The van der Waals surface area contributed by atoms with E-state index in [1.807, 2.05) is 25.0 Å². The SMILES string of the molecule is CCOC1Oc2cc(OCc3nc4cc(F)ccc4s3)ccc2CC1=C=O. The second-order valence-electron chi connectivity index (χ2n) is 5.99. The van der Waals surface area contributed by atoms with Crippen molar-refractivity contribution in [3.63, 3.8) is 0 Å². The number of benzene rings is 2. The molecule has 2 heterocycles. The van der Waals surface area contributed by atoms with Crippen LogP contribution in [-0.2, 0) is 22.6 Å². The van der Waals surface area contributed by atoms with E-state index in [2.05, 4.69) is 4.98 Å². The largest absolute Gasteiger partial charge is 0.486 e. The fourth-order valence-electron chi connectivity index (χ4n) is 2.88. The highest BCUT2D eigenvalue weighted by atomic mass is 32.1. The van der Waals surface area contributed by atoms with Crippen LogP contribution in [0.15, 0.2) is 42.0 Å². The minimum atomic E-state index is -0.714. The minimum absolute atomic E-state index is 0.272. The molecule has 0 saturated carbocycles. The van der Waals surface area contributed by atoms with Crippen molar-refractivity contribution in [3.8, 4) is 11.5 Å². The molecule has 1 atom stereocenters. The zero-order valence-electron chi connectivity index (χ0n) is 14.5. The molecule has 4 rings (SSSR count). The Labute approximate surface area is 159 Å². The predicted molar refractivity (Wildman–Crippen MR) is 99.3 cm³/mol. The topological polar surface area (TPSA) is 57.6 Å². The Hall–Kier alpha value is -2.73. The number of thiazole rings is 1. The number of hydrogen-bond acceptors (Lipinski definition) is 6. The van der Waals surface area contributed by atoms with Crippen LogP contribution in [0.4, 0.5) is 4.39 Å². The van der Waals surface area contributed by atoms with Gasteiger partial charge in [0.05, 0.1) is 15.8 Å². The van der Waals surface area contributed by atoms with Crippen molar-refractivity contribution in [1.29, 1.82) is 0 Å². The molecule has 138 valence electrons. The summed E-state index contributed by atoms with van der Waals surface area (Å²) in [5.74, 6) is 2.84. The Morgan fingerprint density at radius 2 is 2.22 bits per heavy atom. The van der Waals surface area contributed by atoms with Crippen molar-refractivity contribution in [2.24, 2.45) is 0 Å². The Balaban J connectivity index is 1.50. The van der Waals surface area contributed by atoms with Gasteiger partial charge in [0.25, 0.3) is 0 Å². The average molecular weight is 385 g/mol. The maximum absolute atomic E-state index is 13.3. The summed E-state index contributed by atoms with van der Waals surface area (Å²) in [6.45, 7) is 2.54. The molecule has 1 aliphatic heterocycles. The molecule has 0 saturated heterocycles. The first-order valence-electron chi connectivity index (χ1n) is 8.49. The Morgan fingerprint density at radius 1 is 1.33 bits per heavy atom. The lowest BCUT2D eigenvalue weighted by Gasteiger charge is -2.26. The van der Waals surface area contributed by atoms with E-state index in [0.717, 1.165) is 15.3 Å². The first kappa shape index (κ1) is 17.7. The highest BCUT2D eigenvalue weighted by molar-refractivity contribution is 7.18. The standard InChI is InChI=1S/C20H16FNO4S/c1-2-24-20-13(10-23)7-12-3-5-15(9-17(12)26-20)25-11-19-22-16-8-14(21)4-6-18(16)27-19/h3-6,8-9,20H,2,7,11H2,1H3. The maximum atomic E-state index is 13.3. The van der Waals surface area contributed by atoms with Crippen LogP contribution in [-0.4, -0.2) is 23.8 Å². The molecule has 0 N–H and O–H groups in total. The second-order valence-corrected chi connectivity index (χ2v) is 7.10. The van der Waals surface area contributed by atoms with Crippen LogP contribution in [0, 0.1) is 5.82 Å². The number of hydrogen-bond donors (Lipinski definition) is 0. The van der Waals surface area contributed by atoms with Gasteiger partial charge in [0, 0.05) is 25.2 Å². The third-order valence-corrected chi connectivity index (χ3v) is 5.15. The molecule has 0 spiro atoms. The molecule has 0 fully saturated rings. The van der Waals surface area contributed by atoms with Gasteiger partial charge in [-0.05, 0) is 30.7 Å². The molecule has 3 aromatic rings. The van der Waals surface area contributed by atoms with E-state index < -0.39 is 6.29 Å². The van der Waals surface area contributed by atoms with Crippen LogP contribution < -0.4 is 9.47 Å². The van der Waals surface area contributed by atoms with Gasteiger partial charge in [-0.25, -0.2) is 14.2 Å². The smallest absolute Gasteiger partial charge is 0.233 e. The van der Waals surface area contributed by atoms with Crippen molar-refractivity contribution in [3.05, 3.63) is 58.4 Å². The van der Waals surface area contributed by atoms with Crippen LogP contribution in [0.5, 0.6) is 11.5 Å². The van der Waals surface area contributed by atoms with Gasteiger partial charge in [0.1, 0.15) is 34.9 Å². The highest BCUT2D eigenvalue weighted by Gasteiger charge is 2.26. The summed E-state index contributed by atoms with van der Waals surface area (Å²) in [6.07, 6.45) is -0.276. The molecule has 0 amide bonds. The van der Waals surface area contributed by atoms with Crippen LogP contribution in [0.2, 0.25) is 0 Å². The van der Waals surface area contributed by atoms with Crippen LogP contribution in [0.25, 0.3) is 10.2 Å². The molecule has 1 aliphatic rings. The monoisotopic (exact) mass is 385 g/mol. The number of carbonyl (C=O) groups excluding carboxylic acids is 1. The van der Waals surface area contributed by atoms with Gasteiger partial charge in [-0.15, -0.1) is 11.3 Å². The number of nitrogens with zero attached hydrogens (tertiary/aromatic N) is 1. The van der Waals surface area contributed by atoms with E-state index in [1.54, 1.807) is 12.1 Å². The van der Waals surface area contributed by atoms with Gasteiger partial charge in [-0.1, -0.05) is 6.07 Å². The summed E-state index contributed by atoms with van der Waals surface area (Å²) in [5.41, 5.74) is 1.95. The van der Waals surface area contributed by atoms with Gasteiger partial charge in [0.2, 0.25) is 6.29 Å². The zero-order valence-corrected chi connectivity index (χ0v) is 15.3. The number of aromatic nitrogens is 1. The molecular weight excluding hydrogens is 369 g/mol. The van der Waals surface area contributed by atoms with Crippen molar-refractivity contribution in [2.75, 3.05) is 6.61 Å². The molecule has 5 nitrogen and oxygen atoms in total. The molecule has 1 unspecified atom stereocenters. The highest BCUT2D eigenvalue weighted by Crippen LogP contribution is 2.34. The second kappa shape index (κ2) is 7.48. The lowest BCUT2D eigenvalue weighted by Crippen LogP contribution is -2.29. The van der Waals surface area contributed by atoms with E-state index in [1.165, 1.54) is 23.5 Å². The normalized spacial score (nSPS) is 15.9. The molecule has 27 heavy (non-hydrogen) atoms. The first-order chi connectivity index (χ1) is 13.2. The summed E-state index contributed by atoms with van der Waals surface area (Å²) in [4.78, 5) is 15.5. The summed E-state index contributed by atoms with van der Waals surface area (Å²) in [7, 11) is 0. The Morgan fingerprint density at radius 3 is 3.04 bits per heavy atom. The van der Waals surface area contributed by atoms with Crippen LogP contribution in [0.1, 0.15) is 17.5 Å². The van der Waals surface area contributed by atoms with Crippen molar-refractivity contribution in [1.82, 2.24) is 4.98 Å². The maximum Gasteiger partial charge on any atom is 0.233 e. The molecule has 7 heteroatoms. The van der Waals surface area contributed by atoms with Crippen molar-refractivity contribution in [2.45, 2.75) is 26.2 Å². The lowest BCUT2D eigenvalue weighted by atomic mass is 10.0. The van der Waals surface area contributed by atoms with Gasteiger partial charge in [-0.3, -0.25) is 0 Å². The molecule has 1 aromatic heterocycles. The van der Waals surface area contributed by atoms with E-state index in [4.69, 9.17) is 14.2 Å². The lowest BCUT2D eigenvalue weighted by molar-refractivity contribution is -0.0540. The third kappa shape index (κ3) is 3.71. The fraction of sp³-hybridized carbons (Fsp3) is 0.250. The van der Waals surface area contributed by atoms with Gasteiger partial charge >= 0.3 is 0 Å². The summed E-state index contributed by atoms with van der Waals surface area (Å²) >= 11 is 1.46. The summed E-state index contributed by atoms with van der Waals surface area (Å²) < 4.78 is 31.2. The van der Waals surface area contributed by atoms with Gasteiger partial charge < -0.3 is 14.2 Å². The van der Waals surface area contributed by atoms with Crippen molar-refractivity contribution >= 4 is 27.5 Å². The zero-order chi connectivity index (χ0) is 18.8. The van der Waals surface area contributed by atoms with E-state index in [0.29, 0.717) is 35.6 Å². The molecule has 0 aliphatic carbocycles. The van der Waals surface area contributed by atoms with Crippen molar-refractivity contribution < 1.29 is 23.4 Å². The van der Waals surface area contributed by atoms with Gasteiger partial charge in [-0.2, -0.15) is 0 Å². The summed E-state index contributed by atoms with van der Waals surface area (Å²) in [6, 6.07) is 9.99. The van der Waals surface area contributed by atoms with Crippen LogP contribution in [0.3, 0.4) is 0 Å². The Kier molecular flexibility index (Phi) is 4.90. The first-order valence-corrected chi connectivity index (χ1v) is 9.30. The quantitative estimate of drug-likeness (QED) is 0.620. The van der Waals surface area contributed by atoms with E-state index in [9.17, 15) is 9.18 Å². The molecule has 0 bridgehead atoms. The number of ether oxygens (including phenoxy) is 3. The number of rotatable bonds is 5. The molecular formula is C20H16FNO4S. The van der Waals surface area contributed by atoms with E-state index >= 15 is 0 Å². The predicted octanol–water partition coefficient (Wildman–Crippen LogP) is 4.07. The average Bonchev–Trinajstić information content (AvgIpc) is 3.08. The third-order valence-electron chi connectivity index (χ3n) is 4.14. The molecule has 2 aromatic carbocycles. The minimum Gasteiger partial charge on any atom is -0.486 e. The number of halogens is 1. The summed E-state index contributed by atoms with van der Waals surface area (Å²) in [5, 5.41) is 0.757. The molecule has 0 radical (unpaired) electrons. The fourth-order valence-corrected chi connectivity index (χ4v) is 3.74.